The minimum atomic E-state index is 0.739. The largest absolute Gasteiger partial charge is 0.494 e. The number of para-hydroxylation sites is 1. The second kappa shape index (κ2) is 5.91. The van der Waals surface area contributed by atoms with Crippen LogP contribution in [0.2, 0.25) is 0 Å². The van der Waals surface area contributed by atoms with Crippen molar-refractivity contribution in [2.45, 2.75) is 27.3 Å². The number of nitrogens with zero attached hydrogens (tertiary/aromatic N) is 3. The van der Waals surface area contributed by atoms with E-state index in [-0.39, 0.29) is 0 Å². The van der Waals surface area contributed by atoms with Gasteiger partial charge in [-0.1, -0.05) is 12.1 Å². The molecule has 0 spiro atoms. The van der Waals surface area contributed by atoms with E-state index < -0.39 is 0 Å². The van der Waals surface area contributed by atoms with Gasteiger partial charge >= 0.3 is 0 Å². The van der Waals surface area contributed by atoms with Crippen LogP contribution in [0.25, 0.3) is 10.9 Å². The van der Waals surface area contributed by atoms with Crippen LogP contribution in [-0.2, 0) is 13.6 Å². The Morgan fingerprint density at radius 3 is 2.65 bits per heavy atom. The summed E-state index contributed by atoms with van der Waals surface area (Å²) in [6, 6.07) is 6.00. The number of hydrogen-bond acceptors (Lipinski definition) is 4. The highest BCUT2D eigenvalue weighted by Gasteiger charge is 2.12. The lowest BCUT2D eigenvalue weighted by molar-refractivity contribution is 0.419. The molecular weight excluding hydrogens is 288 g/mol. The summed E-state index contributed by atoms with van der Waals surface area (Å²) >= 11 is 0. The molecule has 0 radical (unpaired) electrons. The molecule has 0 aliphatic heterocycles. The van der Waals surface area contributed by atoms with Crippen LogP contribution >= 0.6 is 0 Å². The smallest absolute Gasteiger partial charge is 0.145 e. The van der Waals surface area contributed by atoms with Crippen molar-refractivity contribution in [3.8, 4) is 5.75 Å². The molecule has 3 aromatic rings. The molecular formula is C18H22N4O. The third-order valence-electron chi connectivity index (χ3n) is 4.37. The van der Waals surface area contributed by atoms with E-state index in [1.165, 1.54) is 11.3 Å². The molecule has 23 heavy (non-hydrogen) atoms. The summed E-state index contributed by atoms with van der Waals surface area (Å²) in [5, 5.41) is 9.12. The number of hydrogen-bond donors (Lipinski definition) is 1. The van der Waals surface area contributed by atoms with Gasteiger partial charge in [-0.05, 0) is 32.4 Å². The monoisotopic (exact) mass is 310 g/mol. The van der Waals surface area contributed by atoms with Crippen molar-refractivity contribution in [2.75, 3.05) is 12.4 Å². The molecule has 5 nitrogen and oxygen atoms in total. The Bertz CT molecular complexity index is 867. The summed E-state index contributed by atoms with van der Waals surface area (Å²) in [5.41, 5.74) is 6.57. The molecule has 0 saturated heterocycles. The van der Waals surface area contributed by atoms with E-state index in [9.17, 15) is 0 Å². The fourth-order valence-corrected chi connectivity index (χ4v) is 2.95. The number of methoxy groups -OCH3 is 1. The minimum Gasteiger partial charge on any atom is -0.494 e. The molecule has 120 valence electrons. The average Bonchev–Trinajstić information content (AvgIpc) is 2.78. The molecule has 0 aliphatic carbocycles. The standard InChI is InChI=1S/C18H22N4O/c1-11-9-19-18-14(7-6-8-16(18)23-5)17(11)20-10-15-12(2)21-22(4)13(15)3/h6-9H,10H2,1-5H3,(H,19,20). The minimum absolute atomic E-state index is 0.739. The first kappa shape index (κ1) is 15.3. The maximum absolute atomic E-state index is 5.42. The number of anilines is 1. The van der Waals surface area contributed by atoms with Crippen LogP contribution in [0.3, 0.4) is 0 Å². The van der Waals surface area contributed by atoms with E-state index in [1.54, 1.807) is 7.11 Å². The highest BCUT2D eigenvalue weighted by atomic mass is 16.5. The van der Waals surface area contributed by atoms with Crippen molar-refractivity contribution >= 4 is 16.6 Å². The van der Waals surface area contributed by atoms with Gasteiger partial charge in [0, 0.05) is 42.1 Å². The molecule has 0 bridgehead atoms. The van der Waals surface area contributed by atoms with Crippen LogP contribution in [0.4, 0.5) is 5.69 Å². The van der Waals surface area contributed by atoms with Gasteiger partial charge < -0.3 is 10.1 Å². The van der Waals surface area contributed by atoms with Gasteiger partial charge in [0.1, 0.15) is 11.3 Å². The number of nitrogens with one attached hydrogen (secondary N) is 1. The van der Waals surface area contributed by atoms with Crippen LogP contribution in [-0.4, -0.2) is 21.9 Å². The van der Waals surface area contributed by atoms with Crippen molar-refractivity contribution in [2.24, 2.45) is 7.05 Å². The second-order valence-corrected chi connectivity index (χ2v) is 5.80. The van der Waals surface area contributed by atoms with Crippen molar-refractivity contribution in [1.29, 1.82) is 0 Å². The van der Waals surface area contributed by atoms with Gasteiger partial charge in [-0.2, -0.15) is 5.10 Å². The van der Waals surface area contributed by atoms with Gasteiger partial charge in [0.25, 0.3) is 0 Å². The Morgan fingerprint density at radius 1 is 1.22 bits per heavy atom. The zero-order valence-electron chi connectivity index (χ0n) is 14.3. The Morgan fingerprint density at radius 2 is 2.00 bits per heavy atom. The first-order chi connectivity index (χ1) is 11.0. The van der Waals surface area contributed by atoms with Crippen molar-refractivity contribution < 1.29 is 4.74 Å². The number of aryl methyl sites for hydroxylation is 3. The number of pyridine rings is 1. The molecule has 1 N–H and O–H groups in total. The van der Waals surface area contributed by atoms with Crippen molar-refractivity contribution in [3.05, 3.63) is 46.9 Å². The molecule has 0 atom stereocenters. The zero-order valence-corrected chi connectivity index (χ0v) is 14.3. The summed E-state index contributed by atoms with van der Waals surface area (Å²) in [7, 11) is 3.65. The third-order valence-corrected chi connectivity index (χ3v) is 4.37. The second-order valence-electron chi connectivity index (χ2n) is 5.80. The first-order valence-corrected chi connectivity index (χ1v) is 7.68. The number of rotatable bonds is 4. The Hall–Kier alpha value is -2.56. The molecule has 0 saturated carbocycles. The van der Waals surface area contributed by atoms with E-state index in [0.717, 1.165) is 40.1 Å². The maximum Gasteiger partial charge on any atom is 0.145 e. The normalized spacial score (nSPS) is 11.0. The van der Waals surface area contributed by atoms with Gasteiger partial charge in [0.2, 0.25) is 0 Å². The predicted octanol–water partition coefficient (Wildman–Crippen LogP) is 3.51. The highest BCUT2D eigenvalue weighted by molar-refractivity contribution is 5.96. The van der Waals surface area contributed by atoms with E-state index in [1.807, 2.05) is 37.0 Å². The van der Waals surface area contributed by atoms with Gasteiger partial charge in [0.15, 0.2) is 0 Å². The Labute approximate surface area is 136 Å². The lowest BCUT2D eigenvalue weighted by Crippen LogP contribution is -2.05. The Balaban J connectivity index is 2.01. The fraction of sp³-hybridized carbons (Fsp3) is 0.333. The molecule has 0 aliphatic rings. The van der Waals surface area contributed by atoms with Crippen LogP contribution < -0.4 is 10.1 Å². The molecule has 2 heterocycles. The van der Waals surface area contributed by atoms with Crippen molar-refractivity contribution in [3.63, 3.8) is 0 Å². The first-order valence-electron chi connectivity index (χ1n) is 7.68. The predicted molar refractivity (Wildman–Crippen MR) is 93.0 cm³/mol. The fourth-order valence-electron chi connectivity index (χ4n) is 2.95. The molecule has 0 fully saturated rings. The van der Waals surface area contributed by atoms with Gasteiger partial charge in [-0.15, -0.1) is 0 Å². The van der Waals surface area contributed by atoms with E-state index >= 15 is 0 Å². The van der Waals surface area contributed by atoms with Gasteiger partial charge in [0.05, 0.1) is 12.8 Å². The summed E-state index contributed by atoms with van der Waals surface area (Å²) in [6.07, 6.45) is 1.89. The Kier molecular flexibility index (Phi) is 3.94. The summed E-state index contributed by atoms with van der Waals surface area (Å²) in [5.74, 6) is 0.791. The molecule has 1 aromatic carbocycles. The van der Waals surface area contributed by atoms with Gasteiger partial charge in [-0.3, -0.25) is 9.67 Å². The number of fused-ring (bicyclic) bond motifs is 1. The van der Waals surface area contributed by atoms with Gasteiger partial charge in [-0.25, -0.2) is 0 Å². The van der Waals surface area contributed by atoms with E-state index in [2.05, 4.69) is 35.3 Å². The number of ether oxygens (including phenoxy) is 1. The van der Waals surface area contributed by atoms with Crippen LogP contribution in [0.5, 0.6) is 5.75 Å². The molecule has 2 aromatic heterocycles. The van der Waals surface area contributed by atoms with E-state index in [0.29, 0.717) is 0 Å². The molecule has 0 amide bonds. The van der Waals surface area contributed by atoms with Crippen LogP contribution in [0.15, 0.2) is 24.4 Å². The zero-order chi connectivity index (χ0) is 16.6. The van der Waals surface area contributed by atoms with Crippen LogP contribution in [0, 0.1) is 20.8 Å². The maximum atomic E-state index is 5.42. The quantitative estimate of drug-likeness (QED) is 0.801. The topological polar surface area (TPSA) is 52.0 Å². The lowest BCUT2D eigenvalue weighted by Gasteiger charge is -2.14. The lowest BCUT2D eigenvalue weighted by atomic mass is 10.1. The van der Waals surface area contributed by atoms with E-state index in [4.69, 9.17) is 4.74 Å². The van der Waals surface area contributed by atoms with Crippen LogP contribution in [0.1, 0.15) is 22.5 Å². The summed E-state index contributed by atoms with van der Waals surface area (Å²) < 4.78 is 7.35. The summed E-state index contributed by atoms with van der Waals surface area (Å²) in [4.78, 5) is 4.52. The SMILES string of the molecule is COc1cccc2c(NCc3c(C)nn(C)c3C)c(C)cnc12. The number of aromatic nitrogens is 3. The molecule has 3 rings (SSSR count). The summed E-state index contributed by atoms with van der Waals surface area (Å²) in [6.45, 7) is 6.95. The average molecular weight is 310 g/mol. The molecule has 0 unspecified atom stereocenters. The third kappa shape index (κ3) is 2.63. The highest BCUT2D eigenvalue weighted by Crippen LogP contribution is 2.31. The molecule has 5 heteroatoms. The number of benzene rings is 1. The van der Waals surface area contributed by atoms with Crippen molar-refractivity contribution in [1.82, 2.24) is 14.8 Å².